The molecule has 1 aromatic heterocycles. The van der Waals surface area contributed by atoms with Gasteiger partial charge in [-0.2, -0.15) is 5.21 Å². The van der Waals surface area contributed by atoms with Gasteiger partial charge in [-0.1, -0.05) is 17.3 Å². The number of alkyl carbamates (subject to hydrolysis) is 1. The Balaban J connectivity index is 2.64. The predicted octanol–water partition coefficient (Wildman–Crippen LogP) is 0.625. The van der Waals surface area contributed by atoms with Gasteiger partial charge in [-0.15, -0.1) is 5.10 Å². The molecule has 0 unspecified atom stereocenters. The summed E-state index contributed by atoms with van der Waals surface area (Å²) >= 11 is 5.45. The molecule has 1 atom stereocenters. The third-order valence-electron chi connectivity index (χ3n) is 3.09. The molecule has 4 N–H and O–H groups in total. The molecular formula is C13H24N8O2S. The number of aromatic nitrogens is 4. The fourth-order valence-electron chi connectivity index (χ4n) is 1.92. The molecule has 0 fully saturated rings. The Bertz CT molecular complexity index is 544. The summed E-state index contributed by atoms with van der Waals surface area (Å²) in [7, 11) is 1.72. The number of nitrogens with zero attached hydrogens (tertiary/aromatic N) is 5. The van der Waals surface area contributed by atoms with E-state index in [1.807, 2.05) is 0 Å². The zero-order valence-electron chi connectivity index (χ0n) is 14.2. The van der Waals surface area contributed by atoms with E-state index in [9.17, 15) is 4.79 Å². The molecule has 0 aliphatic rings. The molecule has 0 aliphatic carbocycles. The molecule has 1 aromatic rings. The van der Waals surface area contributed by atoms with E-state index in [1.165, 1.54) is 0 Å². The monoisotopic (exact) mass is 356 g/mol. The number of ether oxygens (including phenoxy) is 1. The van der Waals surface area contributed by atoms with Crippen LogP contribution >= 0.6 is 12.2 Å². The van der Waals surface area contributed by atoms with Crippen molar-refractivity contribution in [1.82, 2.24) is 25.9 Å². The van der Waals surface area contributed by atoms with Gasteiger partial charge in [-0.25, -0.2) is 4.79 Å². The van der Waals surface area contributed by atoms with E-state index >= 15 is 0 Å². The van der Waals surface area contributed by atoms with Crippen molar-refractivity contribution in [3.05, 3.63) is 0 Å². The minimum Gasteiger partial charge on any atom is -0.450 e. The van der Waals surface area contributed by atoms with Crippen LogP contribution in [-0.4, -0.2) is 63.8 Å². The van der Waals surface area contributed by atoms with Crippen LogP contribution in [0, 0.1) is 0 Å². The first-order chi connectivity index (χ1) is 11.5. The molecule has 0 aromatic carbocycles. The standard InChI is InChI=1S/C13H24N8O2S/c1-4-23-13(22)16-10(7-5-6-8-15-9(2)14)11(24)21(3)12-17-19-20-18-12/h10H,4-8H2,1-3H3,(H2,14,15)(H,16,22)(H,17,18,19,20)/t10-/m0/s1. The van der Waals surface area contributed by atoms with E-state index in [0.717, 1.165) is 12.8 Å². The molecule has 134 valence electrons. The van der Waals surface area contributed by atoms with Crippen molar-refractivity contribution in [3.8, 4) is 0 Å². The van der Waals surface area contributed by atoms with Crippen molar-refractivity contribution >= 4 is 35.1 Å². The quantitative estimate of drug-likeness (QED) is 0.254. The first kappa shape index (κ1) is 19.7. The zero-order chi connectivity index (χ0) is 17.9. The highest BCUT2D eigenvalue weighted by molar-refractivity contribution is 7.80. The number of unbranched alkanes of at least 4 members (excludes halogenated alkanes) is 1. The molecule has 0 bridgehead atoms. The lowest BCUT2D eigenvalue weighted by molar-refractivity contribution is 0.150. The van der Waals surface area contributed by atoms with E-state index in [0.29, 0.717) is 29.7 Å². The summed E-state index contributed by atoms with van der Waals surface area (Å²) in [5.74, 6) is 0.891. The number of thiocarbonyl (C=S) groups is 1. The number of likely N-dealkylation sites (N-methyl/N-ethyl adjacent to an activating group) is 1. The number of anilines is 1. The third kappa shape index (κ3) is 6.86. The summed E-state index contributed by atoms with van der Waals surface area (Å²) in [5, 5.41) is 16.4. The summed E-state index contributed by atoms with van der Waals surface area (Å²) < 4.78 is 4.94. The molecule has 0 radical (unpaired) electrons. The molecule has 1 amide bonds. The Hall–Kier alpha value is -2.30. The van der Waals surface area contributed by atoms with Crippen LogP contribution in [0.25, 0.3) is 0 Å². The highest BCUT2D eigenvalue weighted by Gasteiger charge is 2.23. The summed E-state index contributed by atoms with van der Waals surface area (Å²) in [6.45, 7) is 4.42. The SMILES string of the molecule is CCOC(=O)N[C@@H](CCCCN=C(C)N)C(=S)N(C)c1nn[nH]n1. The first-order valence-corrected chi connectivity index (χ1v) is 8.07. The number of rotatable bonds is 9. The Labute approximate surface area is 146 Å². The number of hydrogen-bond acceptors (Lipinski definition) is 7. The van der Waals surface area contributed by atoms with Crippen LogP contribution in [0.15, 0.2) is 4.99 Å². The van der Waals surface area contributed by atoms with E-state index in [1.54, 1.807) is 25.8 Å². The number of carbonyl (C=O) groups is 1. The summed E-state index contributed by atoms with van der Waals surface area (Å²) in [6, 6.07) is -0.384. The summed E-state index contributed by atoms with van der Waals surface area (Å²) in [6.07, 6.45) is 1.78. The van der Waals surface area contributed by atoms with Gasteiger partial charge in [0.2, 0.25) is 0 Å². The van der Waals surface area contributed by atoms with Gasteiger partial charge in [-0.3, -0.25) is 4.99 Å². The number of aliphatic imine (C=N–C) groups is 1. The topological polar surface area (TPSA) is 134 Å². The lowest BCUT2D eigenvalue weighted by atomic mass is 10.1. The summed E-state index contributed by atoms with van der Waals surface area (Å²) in [5.41, 5.74) is 5.50. The second kappa shape index (κ2) is 10.5. The van der Waals surface area contributed by atoms with Crippen molar-refractivity contribution in [2.45, 2.75) is 39.2 Å². The van der Waals surface area contributed by atoms with Crippen molar-refractivity contribution in [3.63, 3.8) is 0 Å². The Morgan fingerprint density at radius 3 is 2.88 bits per heavy atom. The number of amides is 1. The highest BCUT2D eigenvalue weighted by Crippen LogP contribution is 2.10. The normalized spacial score (nSPS) is 12.5. The number of tetrazole rings is 1. The third-order valence-corrected chi connectivity index (χ3v) is 3.65. The second-order valence-corrected chi connectivity index (χ2v) is 5.46. The lowest BCUT2D eigenvalue weighted by Crippen LogP contribution is -2.47. The van der Waals surface area contributed by atoms with Crippen LogP contribution in [0.5, 0.6) is 0 Å². The molecule has 1 heterocycles. The van der Waals surface area contributed by atoms with Gasteiger partial charge < -0.3 is 20.7 Å². The van der Waals surface area contributed by atoms with Crippen LogP contribution < -0.4 is 16.0 Å². The minimum atomic E-state index is -0.512. The lowest BCUT2D eigenvalue weighted by Gasteiger charge is -2.24. The van der Waals surface area contributed by atoms with Crippen LogP contribution in [0.1, 0.15) is 33.1 Å². The molecule has 24 heavy (non-hydrogen) atoms. The van der Waals surface area contributed by atoms with Crippen LogP contribution in [0.3, 0.4) is 0 Å². The van der Waals surface area contributed by atoms with Crippen molar-refractivity contribution < 1.29 is 9.53 Å². The summed E-state index contributed by atoms with van der Waals surface area (Å²) in [4.78, 5) is 18.0. The van der Waals surface area contributed by atoms with Gasteiger partial charge in [-0.05, 0) is 38.3 Å². The molecular weight excluding hydrogens is 332 g/mol. The van der Waals surface area contributed by atoms with Gasteiger partial charge in [0.15, 0.2) is 0 Å². The van der Waals surface area contributed by atoms with Gasteiger partial charge >= 0.3 is 6.09 Å². The first-order valence-electron chi connectivity index (χ1n) is 7.66. The molecule has 10 nitrogen and oxygen atoms in total. The Kier molecular flexibility index (Phi) is 8.61. The maximum absolute atomic E-state index is 11.7. The largest absolute Gasteiger partial charge is 0.450 e. The van der Waals surface area contributed by atoms with Gasteiger partial charge in [0, 0.05) is 13.6 Å². The number of carbonyl (C=O) groups excluding carboxylic acids is 1. The van der Waals surface area contributed by atoms with Crippen LogP contribution in [0.2, 0.25) is 0 Å². The number of aromatic amines is 1. The molecule has 0 saturated heterocycles. The maximum Gasteiger partial charge on any atom is 0.407 e. The molecule has 11 heteroatoms. The second-order valence-electron chi connectivity index (χ2n) is 5.05. The van der Waals surface area contributed by atoms with Crippen LogP contribution in [0.4, 0.5) is 10.7 Å². The van der Waals surface area contributed by atoms with Crippen LogP contribution in [-0.2, 0) is 4.74 Å². The fourth-order valence-corrected chi connectivity index (χ4v) is 2.18. The molecule has 0 saturated carbocycles. The highest BCUT2D eigenvalue weighted by atomic mass is 32.1. The number of amidine groups is 1. The molecule has 0 spiro atoms. The van der Waals surface area contributed by atoms with Gasteiger partial charge in [0.25, 0.3) is 5.95 Å². The minimum absolute atomic E-state index is 0.288. The smallest absolute Gasteiger partial charge is 0.407 e. The molecule has 0 aliphatic heterocycles. The maximum atomic E-state index is 11.7. The van der Waals surface area contributed by atoms with Crippen molar-refractivity contribution in [2.75, 3.05) is 25.1 Å². The number of nitrogens with one attached hydrogen (secondary N) is 2. The van der Waals surface area contributed by atoms with E-state index in [2.05, 4.69) is 30.9 Å². The Morgan fingerprint density at radius 2 is 2.29 bits per heavy atom. The van der Waals surface area contributed by atoms with Gasteiger partial charge in [0.05, 0.1) is 18.5 Å². The van der Waals surface area contributed by atoms with E-state index < -0.39 is 6.09 Å². The predicted molar refractivity (Wildman–Crippen MR) is 95.1 cm³/mol. The number of nitrogens with two attached hydrogens (primary N) is 1. The number of H-pyrrole nitrogens is 1. The zero-order valence-corrected chi connectivity index (χ0v) is 15.0. The van der Waals surface area contributed by atoms with Crippen molar-refractivity contribution in [1.29, 1.82) is 0 Å². The Morgan fingerprint density at radius 1 is 1.54 bits per heavy atom. The van der Waals surface area contributed by atoms with Gasteiger partial charge in [0.1, 0.15) is 4.99 Å². The van der Waals surface area contributed by atoms with Crippen molar-refractivity contribution in [2.24, 2.45) is 10.7 Å². The average molecular weight is 356 g/mol. The molecule has 1 rings (SSSR count). The fraction of sp³-hybridized carbons (Fsp3) is 0.692. The van der Waals surface area contributed by atoms with E-state index in [-0.39, 0.29) is 12.6 Å². The number of hydrogen-bond donors (Lipinski definition) is 3. The van der Waals surface area contributed by atoms with E-state index in [4.69, 9.17) is 22.7 Å². The average Bonchev–Trinajstić information content (AvgIpc) is 3.06.